The number of rotatable bonds is 0. The molecular formula is C12H14. The normalized spacial score (nSPS) is 14.5. The Bertz CT molecular complexity index is 410. The summed E-state index contributed by atoms with van der Waals surface area (Å²) in [7, 11) is 0. The Labute approximate surface area is 73.2 Å². The van der Waals surface area contributed by atoms with Crippen molar-refractivity contribution in [3.63, 3.8) is 0 Å². The van der Waals surface area contributed by atoms with Crippen molar-refractivity contribution < 1.29 is 0 Å². The molecule has 0 heterocycles. The molecule has 62 valence electrons. The molecule has 0 spiro atoms. The molecule has 2 rings (SSSR count). The van der Waals surface area contributed by atoms with Gasteiger partial charge in [0.15, 0.2) is 0 Å². The maximum atomic E-state index is 2.35. The van der Waals surface area contributed by atoms with Gasteiger partial charge in [0.2, 0.25) is 0 Å². The molecule has 0 atom stereocenters. The van der Waals surface area contributed by atoms with Gasteiger partial charge in [0.1, 0.15) is 0 Å². The van der Waals surface area contributed by atoms with Gasteiger partial charge in [0.05, 0.1) is 0 Å². The summed E-state index contributed by atoms with van der Waals surface area (Å²) in [6.45, 7) is 4.36. The molecule has 0 radical (unpaired) electrons. The van der Waals surface area contributed by atoms with Crippen molar-refractivity contribution in [3.8, 4) is 0 Å². The maximum absolute atomic E-state index is 2.35. The third-order valence-electron chi connectivity index (χ3n) is 2.44. The molecule has 0 N–H and O–H groups in total. The first-order valence-corrected chi connectivity index (χ1v) is 4.55. The van der Waals surface area contributed by atoms with E-state index in [-0.39, 0.29) is 0 Å². The molecule has 1 aliphatic carbocycles. The zero-order valence-corrected chi connectivity index (χ0v) is 7.72. The summed E-state index contributed by atoms with van der Waals surface area (Å²) in [5, 5.41) is 2.88. The molecule has 0 bridgehead atoms. The average Bonchev–Trinajstić information content (AvgIpc) is 2.04. The van der Waals surface area contributed by atoms with E-state index in [0.717, 1.165) is 0 Å². The van der Waals surface area contributed by atoms with Crippen molar-refractivity contribution in [1.82, 2.24) is 0 Å². The van der Waals surface area contributed by atoms with E-state index in [1.807, 2.05) is 0 Å². The van der Waals surface area contributed by atoms with E-state index in [4.69, 9.17) is 0 Å². The molecule has 0 heteroatoms. The van der Waals surface area contributed by atoms with Crippen molar-refractivity contribution in [2.24, 2.45) is 0 Å². The smallest absolute Gasteiger partial charge is 0.0198 e. The zero-order valence-electron chi connectivity index (χ0n) is 7.72. The Morgan fingerprint density at radius 3 is 2.58 bits per heavy atom. The molecule has 1 aromatic carbocycles. The van der Waals surface area contributed by atoms with Gasteiger partial charge in [-0.05, 0) is 42.7 Å². The van der Waals surface area contributed by atoms with Gasteiger partial charge in [0, 0.05) is 0 Å². The molecule has 0 aromatic heterocycles. The standard InChI is InChI=1S/C12H14/c1-9-7-10(2)12-6-4-3-5-11(12)8-9/h5-8H,3-4H2,1-2H3. The first-order valence-electron chi connectivity index (χ1n) is 4.55. The first kappa shape index (κ1) is 7.60. The highest BCUT2D eigenvalue weighted by Gasteiger charge is 1.96. The molecule has 0 fully saturated rings. The minimum absolute atomic E-state index is 1.20. The van der Waals surface area contributed by atoms with Crippen LogP contribution in [0, 0.1) is 13.8 Å². The quantitative estimate of drug-likeness (QED) is 0.538. The lowest BCUT2D eigenvalue weighted by Gasteiger charge is -2.04. The third-order valence-corrected chi connectivity index (χ3v) is 2.44. The number of hydrogen-bond donors (Lipinski definition) is 0. The zero-order chi connectivity index (χ0) is 8.55. The van der Waals surface area contributed by atoms with Crippen molar-refractivity contribution >= 4 is 12.2 Å². The lowest BCUT2D eigenvalue weighted by molar-refractivity contribution is 1.10. The van der Waals surface area contributed by atoms with E-state index < -0.39 is 0 Å². The summed E-state index contributed by atoms with van der Waals surface area (Å²) >= 11 is 0. The largest absolute Gasteiger partial charge is 0.0763 e. The van der Waals surface area contributed by atoms with Crippen LogP contribution in [0.1, 0.15) is 24.0 Å². The summed E-state index contributed by atoms with van der Waals surface area (Å²) in [4.78, 5) is 0. The minimum atomic E-state index is 1.20. The second-order valence-electron chi connectivity index (χ2n) is 3.57. The topological polar surface area (TPSA) is 0 Å². The van der Waals surface area contributed by atoms with Gasteiger partial charge in [-0.15, -0.1) is 0 Å². The van der Waals surface area contributed by atoms with Crippen LogP contribution in [0.15, 0.2) is 12.1 Å². The fourth-order valence-corrected chi connectivity index (χ4v) is 1.93. The molecule has 0 aliphatic heterocycles. The van der Waals surface area contributed by atoms with Crippen LogP contribution in [0.4, 0.5) is 0 Å². The second kappa shape index (κ2) is 2.78. The first-order chi connectivity index (χ1) is 5.77. The van der Waals surface area contributed by atoms with Gasteiger partial charge < -0.3 is 0 Å². The van der Waals surface area contributed by atoms with E-state index in [2.05, 4.69) is 38.1 Å². The SMILES string of the molecule is Cc1cc(C)c2c(c1)=CCCC=2. The summed E-state index contributed by atoms with van der Waals surface area (Å²) < 4.78 is 0. The number of fused-ring (bicyclic) bond motifs is 1. The summed E-state index contributed by atoms with van der Waals surface area (Å²) in [5.74, 6) is 0. The van der Waals surface area contributed by atoms with Gasteiger partial charge in [-0.25, -0.2) is 0 Å². The maximum Gasteiger partial charge on any atom is -0.0198 e. The fourth-order valence-electron chi connectivity index (χ4n) is 1.93. The average molecular weight is 158 g/mol. The Balaban J connectivity index is 2.87. The van der Waals surface area contributed by atoms with E-state index in [9.17, 15) is 0 Å². The Kier molecular flexibility index (Phi) is 1.76. The van der Waals surface area contributed by atoms with Crippen molar-refractivity contribution in [1.29, 1.82) is 0 Å². The van der Waals surface area contributed by atoms with E-state index in [1.165, 1.54) is 34.4 Å². The van der Waals surface area contributed by atoms with Crippen LogP contribution in [0.3, 0.4) is 0 Å². The number of benzene rings is 1. The van der Waals surface area contributed by atoms with Crippen LogP contribution in [-0.4, -0.2) is 0 Å². The molecule has 0 saturated carbocycles. The van der Waals surface area contributed by atoms with Crippen LogP contribution in [0.25, 0.3) is 12.2 Å². The van der Waals surface area contributed by atoms with Crippen molar-refractivity contribution in [3.05, 3.63) is 33.7 Å². The van der Waals surface area contributed by atoms with Gasteiger partial charge >= 0.3 is 0 Å². The third kappa shape index (κ3) is 1.18. The fraction of sp³-hybridized carbons (Fsp3) is 0.333. The molecule has 0 saturated heterocycles. The Morgan fingerprint density at radius 1 is 1.00 bits per heavy atom. The Hall–Kier alpha value is -1.04. The van der Waals surface area contributed by atoms with E-state index in [1.54, 1.807) is 0 Å². The Morgan fingerprint density at radius 2 is 1.75 bits per heavy atom. The van der Waals surface area contributed by atoms with E-state index in [0.29, 0.717) is 0 Å². The molecule has 0 unspecified atom stereocenters. The van der Waals surface area contributed by atoms with Crippen LogP contribution in [0.2, 0.25) is 0 Å². The van der Waals surface area contributed by atoms with Gasteiger partial charge in [-0.2, -0.15) is 0 Å². The second-order valence-corrected chi connectivity index (χ2v) is 3.57. The minimum Gasteiger partial charge on any atom is -0.0763 e. The predicted molar refractivity (Wildman–Crippen MR) is 53.3 cm³/mol. The monoisotopic (exact) mass is 158 g/mol. The predicted octanol–water partition coefficient (Wildman–Crippen LogP) is 1.66. The van der Waals surface area contributed by atoms with Crippen LogP contribution in [-0.2, 0) is 0 Å². The van der Waals surface area contributed by atoms with Gasteiger partial charge in [-0.3, -0.25) is 0 Å². The lowest BCUT2D eigenvalue weighted by Crippen LogP contribution is -2.29. The summed E-state index contributed by atoms with van der Waals surface area (Å²) in [6, 6.07) is 4.53. The van der Waals surface area contributed by atoms with Crippen molar-refractivity contribution in [2.45, 2.75) is 26.7 Å². The lowest BCUT2D eigenvalue weighted by atomic mass is 10.0. The van der Waals surface area contributed by atoms with Crippen LogP contribution < -0.4 is 10.4 Å². The highest BCUT2D eigenvalue weighted by atomic mass is 14.0. The molecule has 12 heavy (non-hydrogen) atoms. The van der Waals surface area contributed by atoms with Crippen LogP contribution in [0.5, 0.6) is 0 Å². The van der Waals surface area contributed by atoms with Gasteiger partial charge in [0.25, 0.3) is 0 Å². The number of hydrogen-bond acceptors (Lipinski definition) is 0. The van der Waals surface area contributed by atoms with Crippen LogP contribution >= 0.6 is 0 Å². The highest BCUT2D eigenvalue weighted by Crippen LogP contribution is 1.99. The van der Waals surface area contributed by atoms with E-state index >= 15 is 0 Å². The molecule has 1 aliphatic rings. The molecule has 1 aromatic rings. The molecule has 0 amide bonds. The molecular weight excluding hydrogens is 144 g/mol. The number of aryl methyl sites for hydroxylation is 2. The summed E-state index contributed by atoms with van der Waals surface area (Å²) in [5.41, 5.74) is 2.79. The van der Waals surface area contributed by atoms with Gasteiger partial charge in [-0.1, -0.05) is 29.8 Å². The van der Waals surface area contributed by atoms with Crippen molar-refractivity contribution in [2.75, 3.05) is 0 Å². The highest BCUT2D eigenvalue weighted by molar-refractivity contribution is 5.42. The molecule has 0 nitrogen and oxygen atoms in total. The summed E-state index contributed by atoms with van der Waals surface area (Å²) in [6.07, 6.45) is 7.10.